The number of halogens is 2. The molecule has 0 saturated heterocycles. The Hall–Kier alpha value is -2.64. The molecule has 128 valence electrons. The van der Waals surface area contributed by atoms with Gasteiger partial charge in [0, 0.05) is 22.3 Å². The van der Waals surface area contributed by atoms with Gasteiger partial charge in [-0.25, -0.2) is 9.48 Å². The summed E-state index contributed by atoms with van der Waals surface area (Å²) in [5, 5.41) is 17.7. The van der Waals surface area contributed by atoms with Crippen LogP contribution in [0.25, 0.3) is 5.69 Å². The quantitative estimate of drug-likeness (QED) is 0.728. The first-order chi connectivity index (χ1) is 12.0. The minimum Gasteiger partial charge on any atom is -0.334 e. The second kappa shape index (κ2) is 7.50. The van der Waals surface area contributed by atoms with Crippen LogP contribution in [0.5, 0.6) is 0 Å². The Bertz CT molecular complexity index is 898. The Labute approximate surface area is 153 Å². The summed E-state index contributed by atoms with van der Waals surface area (Å²) in [4.78, 5) is 12.1. The molecule has 0 aliphatic carbocycles. The number of nitrogens with zero attached hydrogens (tertiary/aromatic N) is 4. The maximum absolute atomic E-state index is 12.1. The lowest BCUT2D eigenvalue weighted by atomic mass is 10.2. The molecule has 2 N–H and O–H groups in total. The number of nitrogens with one attached hydrogen (secondary N) is 2. The number of carbonyl (C=O) groups is 1. The topological polar surface area (TPSA) is 84.7 Å². The minimum atomic E-state index is -0.350. The highest BCUT2D eigenvalue weighted by atomic mass is 35.5. The van der Waals surface area contributed by atoms with E-state index in [1.54, 1.807) is 30.3 Å². The summed E-state index contributed by atoms with van der Waals surface area (Å²) in [6.45, 7) is 2.22. The van der Waals surface area contributed by atoms with Gasteiger partial charge in [0.1, 0.15) is 6.33 Å². The summed E-state index contributed by atoms with van der Waals surface area (Å²) < 4.78 is 1.53. The van der Waals surface area contributed by atoms with Gasteiger partial charge in [0.05, 0.1) is 5.69 Å². The van der Waals surface area contributed by atoms with E-state index in [1.165, 1.54) is 11.0 Å². The maximum atomic E-state index is 12.1. The van der Waals surface area contributed by atoms with Crippen molar-refractivity contribution in [3.63, 3.8) is 0 Å². The summed E-state index contributed by atoms with van der Waals surface area (Å²) in [5.74, 6) is 0. The van der Waals surface area contributed by atoms with E-state index in [-0.39, 0.29) is 12.6 Å². The van der Waals surface area contributed by atoms with E-state index in [4.69, 9.17) is 23.2 Å². The summed E-state index contributed by atoms with van der Waals surface area (Å²) >= 11 is 11.9. The van der Waals surface area contributed by atoms with E-state index in [0.717, 1.165) is 16.8 Å². The largest absolute Gasteiger partial charge is 0.334 e. The molecule has 1 heterocycles. The van der Waals surface area contributed by atoms with Gasteiger partial charge in [0.2, 0.25) is 0 Å². The number of hydrogen-bond donors (Lipinski definition) is 2. The van der Waals surface area contributed by atoms with Crippen molar-refractivity contribution in [3.05, 3.63) is 63.9 Å². The van der Waals surface area contributed by atoms with Crippen molar-refractivity contribution in [1.82, 2.24) is 25.5 Å². The number of urea groups is 1. The maximum Gasteiger partial charge on any atom is 0.319 e. The average molecular weight is 377 g/mol. The van der Waals surface area contributed by atoms with Gasteiger partial charge in [0.25, 0.3) is 0 Å². The van der Waals surface area contributed by atoms with Gasteiger partial charge < -0.3 is 10.6 Å². The number of amides is 2. The number of rotatable bonds is 4. The molecule has 0 atom stereocenters. The van der Waals surface area contributed by atoms with Crippen molar-refractivity contribution < 1.29 is 4.79 Å². The van der Waals surface area contributed by atoms with Gasteiger partial charge in [-0.05, 0) is 52.7 Å². The van der Waals surface area contributed by atoms with Crippen molar-refractivity contribution in [2.45, 2.75) is 13.5 Å². The Morgan fingerprint density at radius 1 is 1.20 bits per heavy atom. The number of aromatic nitrogens is 4. The standard InChI is InChI=1S/C16H14Cl2N6O/c1-10-2-5-13(7-15(10)24-9-20-22-23-24)21-16(25)19-8-11-3-4-12(17)6-14(11)18/h2-7,9H,8H2,1H3,(H2,19,21,25). The zero-order valence-electron chi connectivity index (χ0n) is 13.2. The molecule has 3 aromatic rings. The average Bonchev–Trinajstić information content (AvgIpc) is 3.10. The van der Waals surface area contributed by atoms with E-state index >= 15 is 0 Å². The van der Waals surface area contributed by atoms with Crippen LogP contribution in [0.1, 0.15) is 11.1 Å². The van der Waals surface area contributed by atoms with Gasteiger partial charge in [-0.15, -0.1) is 5.10 Å². The molecule has 7 nitrogen and oxygen atoms in total. The van der Waals surface area contributed by atoms with Crippen LogP contribution in [0.15, 0.2) is 42.7 Å². The summed E-state index contributed by atoms with van der Waals surface area (Å²) in [5.41, 5.74) is 3.16. The zero-order valence-corrected chi connectivity index (χ0v) is 14.7. The highest BCUT2D eigenvalue weighted by Gasteiger charge is 2.08. The minimum absolute atomic E-state index is 0.285. The van der Waals surface area contributed by atoms with Crippen LogP contribution in [0.2, 0.25) is 10.0 Å². The molecule has 2 amide bonds. The lowest BCUT2D eigenvalue weighted by Crippen LogP contribution is -2.28. The zero-order chi connectivity index (χ0) is 17.8. The van der Waals surface area contributed by atoms with E-state index in [9.17, 15) is 4.79 Å². The molecular weight excluding hydrogens is 363 g/mol. The van der Waals surface area contributed by atoms with Crippen molar-refractivity contribution in [2.24, 2.45) is 0 Å². The SMILES string of the molecule is Cc1ccc(NC(=O)NCc2ccc(Cl)cc2Cl)cc1-n1cnnn1. The first-order valence-corrected chi connectivity index (χ1v) is 8.11. The molecule has 9 heteroatoms. The van der Waals surface area contributed by atoms with Gasteiger partial charge in [-0.3, -0.25) is 0 Å². The monoisotopic (exact) mass is 376 g/mol. The van der Waals surface area contributed by atoms with E-state index in [1.807, 2.05) is 13.0 Å². The van der Waals surface area contributed by atoms with Crippen molar-refractivity contribution in [2.75, 3.05) is 5.32 Å². The number of aryl methyl sites for hydroxylation is 1. The van der Waals surface area contributed by atoms with Crippen molar-refractivity contribution >= 4 is 34.9 Å². The molecule has 0 radical (unpaired) electrons. The molecular formula is C16H14Cl2N6O. The second-order valence-electron chi connectivity index (χ2n) is 5.30. The van der Waals surface area contributed by atoms with Crippen LogP contribution >= 0.6 is 23.2 Å². The Morgan fingerprint density at radius 2 is 2.04 bits per heavy atom. The number of hydrogen-bond acceptors (Lipinski definition) is 4. The normalized spacial score (nSPS) is 10.5. The molecule has 0 unspecified atom stereocenters. The smallest absolute Gasteiger partial charge is 0.319 e. The Morgan fingerprint density at radius 3 is 2.76 bits per heavy atom. The van der Waals surface area contributed by atoms with Crippen LogP contribution in [-0.4, -0.2) is 26.2 Å². The van der Waals surface area contributed by atoms with Gasteiger partial charge in [-0.1, -0.05) is 35.3 Å². The molecule has 0 spiro atoms. The molecule has 1 aromatic heterocycles. The molecule has 0 bridgehead atoms. The highest BCUT2D eigenvalue weighted by Crippen LogP contribution is 2.21. The number of tetrazole rings is 1. The molecule has 0 aliphatic heterocycles. The third-order valence-corrected chi connectivity index (χ3v) is 4.10. The first-order valence-electron chi connectivity index (χ1n) is 7.36. The third kappa shape index (κ3) is 4.26. The summed E-state index contributed by atoms with van der Waals surface area (Å²) in [7, 11) is 0. The third-order valence-electron chi connectivity index (χ3n) is 3.52. The molecule has 2 aromatic carbocycles. The number of anilines is 1. The van der Waals surface area contributed by atoms with Gasteiger partial charge >= 0.3 is 6.03 Å². The van der Waals surface area contributed by atoms with Crippen molar-refractivity contribution in [1.29, 1.82) is 0 Å². The first kappa shape index (κ1) is 17.2. The predicted molar refractivity (Wildman–Crippen MR) is 96.2 cm³/mol. The van der Waals surface area contributed by atoms with Crippen molar-refractivity contribution in [3.8, 4) is 5.69 Å². The van der Waals surface area contributed by atoms with Crippen LogP contribution in [0.4, 0.5) is 10.5 Å². The summed E-state index contributed by atoms with van der Waals surface area (Å²) in [6, 6.07) is 10.3. The summed E-state index contributed by atoms with van der Waals surface area (Å²) in [6.07, 6.45) is 1.49. The van der Waals surface area contributed by atoms with Crippen LogP contribution in [0.3, 0.4) is 0 Å². The second-order valence-corrected chi connectivity index (χ2v) is 6.14. The Kier molecular flexibility index (Phi) is 5.16. The molecule has 0 aliphatic rings. The lowest BCUT2D eigenvalue weighted by Gasteiger charge is -2.11. The fourth-order valence-corrected chi connectivity index (χ4v) is 2.70. The highest BCUT2D eigenvalue weighted by molar-refractivity contribution is 6.35. The fourth-order valence-electron chi connectivity index (χ4n) is 2.22. The van der Waals surface area contributed by atoms with Crippen LogP contribution in [-0.2, 0) is 6.54 Å². The Balaban J connectivity index is 1.66. The van der Waals surface area contributed by atoms with E-state index in [0.29, 0.717) is 15.7 Å². The van der Waals surface area contributed by atoms with Crippen LogP contribution in [0, 0.1) is 6.92 Å². The fraction of sp³-hybridized carbons (Fsp3) is 0.125. The molecule has 3 rings (SSSR count). The lowest BCUT2D eigenvalue weighted by molar-refractivity contribution is 0.251. The molecule has 0 fully saturated rings. The van der Waals surface area contributed by atoms with Crippen LogP contribution < -0.4 is 10.6 Å². The van der Waals surface area contributed by atoms with E-state index in [2.05, 4.69) is 26.2 Å². The predicted octanol–water partition coefficient (Wildman–Crippen LogP) is 3.60. The number of benzene rings is 2. The van der Waals surface area contributed by atoms with E-state index < -0.39 is 0 Å². The number of carbonyl (C=O) groups excluding carboxylic acids is 1. The molecule has 0 saturated carbocycles. The van der Waals surface area contributed by atoms with Gasteiger partial charge in [-0.2, -0.15) is 0 Å². The van der Waals surface area contributed by atoms with Gasteiger partial charge in [0.15, 0.2) is 0 Å². The molecule has 25 heavy (non-hydrogen) atoms.